The molecule has 0 aliphatic rings. The maximum absolute atomic E-state index is 13.9. The summed E-state index contributed by atoms with van der Waals surface area (Å²) >= 11 is 3.60. The fourth-order valence-electron chi connectivity index (χ4n) is 3.69. The van der Waals surface area contributed by atoms with Gasteiger partial charge in [-0.1, -0.05) is 36.4 Å². The summed E-state index contributed by atoms with van der Waals surface area (Å²) in [6, 6.07) is 18.9. The van der Waals surface area contributed by atoms with E-state index >= 15 is 0 Å². The first-order valence-electron chi connectivity index (χ1n) is 10.7. The molecule has 0 spiro atoms. The highest BCUT2D eigenvalue weighted by Gasteiger charge is 2.14. The number of halogens is 2. The second kappa shape index (κ2) is 10.7. The maximum Gasteiger partial charge on any atom is 0.175 e. The van der Waals surface area contributed by atoms with E-state index in [0.29, 0.717) is 30.2 Å². The van der Waals surface area contributed by atoms with Gasteiger partial charge in [0.25, 0.3) is 0 Å². The molecule has 2 N–H and O–H groups in total. The van der Waals surface area contributed by atoms with Crippen LogP contribution in [0.15, 0.2) is 71.3 Å². The van der Waals surface area contributed by atoms with E-state index in [1.807, 2.05) is 25.1 Å². The summed E-state index contributed by atoms with van der Waals surface area (Å²) in [7, 11) is 0. The summed E-state index contributed by atoms with van der Waals surface area (Å²) in [5, 5.41) is 4.78. The van der Waals surface area contributed by atoms with E-state index in [0.717, 1.165) is 23.0 Å². The quantitative estimate of drug-likeness (QED) is 0.250. The lowest BCUT2D eigenvalue weighted by Gasteiger charge is -2.16. The SMILES string of the molecule is CCOc1cc(CNCCc2c[nH]c3ccccc23)cc(Br)c1OCc1ccccc1F. The zero-order chi connectivity index (χ0) is 22.3. The van der Waals surface area contributed by atoms with Crippen LogP contribution >= 0.6 is 15.9 Å². The molecule has 6 heteroatoms. The minimum atomic E-state index is -0.280. The van der Waals surface area contributed by atoms with Crippen molar-refractivity contribution in [3.63, 3.8) is 0 Å². The van der Waals surface area contributed by atoms with Gasteiger partial charge in [0.05, 0.1) is 11.1 Å². The van der Waals surface area contributed by atoms with Crippen LogP contribution in [-0.4, -0.2) is 18.1 Å². The lowest BCUT2D eigenvalue weighted by Crippen LogP contribution is -2.16. The molecule has 0 bridgehead atoms. The Morgan fingerprint density at radius 3 is 2.66 bits per heavy atom. The molecular formula is C26H26BrFN2O2. The fraction of sp³-hybridized carbons (Fsp3) is 0.231. The molecule has 32 heavy (non-hydrogen) atoms. The normalized spacial score (nSPS) is 11.1. The minimum Gasteiger partial charge on any atom is -0.490 e. The van der Waals surface area contributed by atoms with Crippen LogP contribution in [-0.2, 0) is 19.6 Å². The molecule has 1 aromatic heterocycles. The van der Waals surface area contributed by atoms with Crippen LogP contribution in [0.3, 0.4) is 0 Å². The number of nitrogens with one attached hydrogen (secondary N) is 2. The van der Waals surface area contributed by atoms with Gasteiger partial charge in [-0.05, 0) is 71.2 Å². The van der Waals surface area contributed by atoms with Gasteiger partial charge in [-0.2, -0.15) is 0 Å². The molecule has 0 unspecified atom stereocenters. The number of aromatic nitrogens is 1. The third-order valence-electron chi connectivity index (χ3n) is 5.27. The van der Waals surface area contributed by atoms with Gasteiger partial charge < -0.3 is 19.8 Å². The highest BCUT2D eigenvalue weighted by Crippen LogP contribution is 2.37. The van der Waals surface area contributed by atoms with Crippen LogP contribution in [0.2, 0.25) is 0 Å². The zero-order valence-electron chi connectivity index (χ0n) is 18.0. The Hall–Kier alpha value is -2.83. The Balaban J connectivity index is 1.39. The van der Waals surface area contributed by atoms with Crippen LogP contribution in [0.4, 0.5) is 4.39 Å². The average molecular weight is 497 g/mol. The summed E-state index contributed by atoms with van der Waals surface area (Å²) in [4.78, 5) is 3.32. The number of hydrogen-bond donors (Lipinski definition) is 2. The average Bonchev–Trinajstić information content (AvgIpc) is 3.21. The Morgan fingerprint density at radius 2 is 1.81 bits per heavy atom. The van der Waals surface area contributed by atoms with Crippen molar-refractivity contribution in [3.05, 3.63) is 93.8 Å². The molecule has 3 aromatic carbocycles. The first kappa shape index (κ1) is 22.4. The molecule has 0 radical (unpaired) electrons. The van der Waals surface area contributed by atoms with E-state index in [1.165, 1.54) is 22.5 Å². The monoisotopic (exact) mass is 496 g/mol. The predicted molar refractivity (Wildman–Crippen MR) is 130 cm³/mol. The summed E-state index contributed by atoms with van der Waals surface area (Å²) < 4.78 is 26.5. The van der Waals surface area contributed by atoms with Crippen molar-refractivity contribution >= 4 is 26.8 Å². The van der Waals surface area contributed by atoms with Gasteiger partial charge in [0, 0.05) is 29.2 Å². The maximum atomic E-state index is 13.9. The number of benzene rings is 3. The standard InChI is InChI=1S/C26H26BrFN2O2/c1-2-31-25-14-18(13-22(27)26(25)32-17-20-7-3-5-9-23(20)28)15-29-12-11-19-16-30-24-10-6-4-8-21(19)24/h3-10,13-14,16,29-30H,2,11-12,15,17H2,1H3. The van der Waals surface area contributed by atoms with Crippen molar-refractivity contribution in [2.24, 2.45) is 0 Å². The van der Waals surface area contributed by atoms with E-state index in [2.05, 4.69) is 50.6 Å². The van der Waals surface area contributed by atoms with Crippen molar-refractivity contribution in [1.82, 2.24) is 10.3 Å². The second-order valence-electron chi connectivity index (χ2n) is 7.50. The van der Waals surface area contributed by atoms with Gasteiger partial charge in [0.15, 0.2) is 11.5 Å². The molecule has 0 saturated heterocycles. The number of hydrogen-bond acceptors (Lipinski definition) is 3. The predicted octanol–water partition coefficient (Wildman–Crippen LogP) is 6.38. The molecule has 4 rings (SSSR count). The summed E-state index contributed by atoms with van der Waals surface area (Å²) in [6.07, 6.45) is 3.02. The molecule has 0 atom stereocenters. The molecule has 0 fully saturated rings. The van der Waals surface area contributed by atoms with Crippen molar-refractivity contribution in [1.29, 1.82) is 0 Å². The largest absolute Gasteiger partial charge is 0.490 e. The van der Waals surface area contributed by atoms with E-state index in [9.17, 15) is 4.39 Å². The smallest absolute Gasteiger partial charge is 0.175 e. The van der Waals surface area contributed by atoms with Gasteiger partial charge in [-0.3, -0.25) is 0 Å². The number of fused-ring (bicyclic) bond motifs is 1. The summed E-state index contributed by atoms with van der Waals surface area (Å²) in [5.41, 5.74) is 4.06. The second-order valence-corrected chi connectivity index (χ2v) is 8.36. The van der Waals surface area contributed by atoms with E-state index < -0.39 is 0 Å². The molecule has 4 nitrogen and oxygen atoms in total. The summed E-state index contributed by atoms with van der Waals surface area (Å²) in [5.74, 6) is 0.946. The first-order valence-corrected chi connectivity index (χ1v) is 11.5. The molecule has 0 amide bonds. The van der Waals surface area contributed by atoms with Gasteiger partial charge in [-0.25, -0.2) is 4.39 Å². The number of para-hydroxylation sites is 1. The van der Waals surface area contributed by atoms with Gasteiger partial charge >= 0.3 is 0 Å². The van der Waals surface area contributed by atoms with Crippen LogP contribution in [0.1, 0.15) is 23.6 Å². The third-order valence-corrected chi connectivity index (χ3v) is 5.86. The Bertz CT molecular complexity index is 1190. The number of rotatable bonds is 10. The Kier molecular flexibility index (Phi) is 7.45. The number of H-pyrrole nitrogens is 1. The topological polar surface area (TPSA) is 46.3 Å². The lowest BCUT2D eigenvalue weighted by atomic mass is 10.1. The number of ether oxygens (including phenoxy) is 2. The number of aromatic amines is 1. The van der Waals surface area contributed by atoms with E-state index in [-0.39, 0.29) is 12.4 Å². The highest BCUT2D eigenvalue weighted by atomic mass is 79.9. The molecule has 166 valence electrons. The van der Waals surface area contributed by atoms with Crippen molar-refractivity contribution < 1.29 is 13.9 Å². The minimum absolute atomic E-state index is 0.133. The van der Waals surface area contributed by atoms with E-state index in [4.69, 9.17) is 9.47 Å². The van der Waals surface area contributed by atoms with Crippen LogP contribution in [0.5, 0.6) is 11.5 Å². The van der Waals surface area contributed by atoms with Crippen molar-refractivity contribution in [2.75, 3.05) is 13.2 Å². The molecule has 0 aliphatic carbocycles. The summed E-state index contributed by atoms with van der Waals surface area (Å²) in [6.45, 7) is 4.14. The molecule has 0 aliphatic heterocycles. The first-order chi connectivity index (χ1) is 15.7. The van der Waals surface area contributed by atoms with Crippen LogP contribution in [0, 0.1) is 5.82 Å². The zero-order valence-corrected chi connectivity index (χ0v) is 19.5. The Labute approximate surface area is 195 Å². The van der Waals surface area contributed by atoms with Gasteiger partial charge in [0.2, 0.25) is 0 Å². The molecule has 0 saturated carbocycles. The molecule has 4 aromatic rings. The third kappa shape index (κ3) is 5.31. The van der Waals surface area contributed by atoms with E-state index in [1.54, 1.807) is 18.2 Å². The molecule has 1 heterocycles. The Morgan fingerprint density at radius 1 is 1.00 bits per heavy atom. The highest BCUT2D eigenvalue weighted by molar-refractivity contribution is 9.10. The van der Waals surface area contributed by atoms with Gasteiger partial charge in [0.1, 0.15) is 12.4 Å². The molecular weight excluding hydrogens is 471 g/mol. The van der Waals surface area contributed by atoms with Crippen molar-refractivity contribution in [2.45, 2.75) is 26.5 Å². The van der Waals surface area contributed by atoms with Gasteiger partial charge in [-0.15, -0.1) is 0 Å². The van der Waals surface area contributed by atoms with Crippen molar-refractivity contribution in [3.8, 4) is 11.5 Å². The van der Waals surface area contributed by atoms with Crippen LogP contribution in [0.25, 0.3) is 10.9 Å². The van der Waals surface area contributed by atoms with Crippen LogP contribution < -0.4 is 14.8 Å². The fourth-order valence-corrected chi connectivity index (χ4v) is 4.29. The lowest BCUT2D eigenvalue weighted by molar-refractivity contribution is 0.264.